The zero-order valence-corrected chi connectivity index (χ0v) is 9.07. The molecule has 0 fully saturated rings. The minimum atomic E-state index is -0.742. The van der Waals surface area contributed by atoms with Crippen LogP contribution in [0.25, 0.3) is 0 Å². The van der Waals surface area contributed by atoms with Crippen LogP contribution in [0.1, 0.15) is 38.5 Å². The summed E-state index contributed by atoms with van der Waals surface area (Å²) in [6.45, 7) is 0. The van der Waals surface area contributed by atoms with Crippen LogP contribution in [0.5, 0.6) is 0 Å². The van der Waals surface area contributed by atoms with Gasteiger partial charge in [-0.3, -0.25) is 4.79 Å². The molecule has 0 radical (unpaired) electrons. The molecule has 82 valence electrons. The molecule has 0 spiro atoms. The van der Waals surface area contributed by atoms with Gasteiger partial charge >= 0.3 is 5.97 Å². The summed E-state index contributed by atoms with van der Waals surface area (Å²) in [5, 5.41) is 17.0. The van der Waals surface area contributed by atoms with E-state index in [1.54, 1.807) is 0 Å². The fourth-order valence-electron chi connectivity index (χ4n) is 0.983. The van der Waals surface area contributed by atoms with Crippen LogP contribution in [0.15, 0.2) is 0 Å². The summed E-state index contributed by atoms with van der Waals surface area (Å²) >= 11 is 0. The molecule has 0 saturated carbocycles. The van der Waals surface area contributed by atoms with Crippen molar-refractivity contribution in [1.82, 2.24) is 0 Å². The van der Waals surface area contributed by atoms with E-state index in [4.69, 9.17) is 15.9 Å². The molecule has 0 aromatic carbocycles. The smallest absolute Gasteiger partial charge is 0.303 e. The Labute approximate surface area is 92.2 Å². The van der Waals surface area contributed by atoms with Crippen LogP contribution in [0.4, 0.5) is 0 Å². The Hall–Kier alpha value is 0.0523. The molecule has 0 bridgehead atoms. The maximum absolute atomic E-state index is 10.1. The fourth-order valence-corrected chi connectivity index (χ4v) is 0.983. The predicted molar refractivity (Wildman–Crippen MR) is 45.5 cm³/mol. The number of unbranched alkanes of at least 4 members (excludes halogenated alkanes) is 3. The number of carboxylic acid groups (broad SMARTS) is 1. The van der Waals surface area contributed by atoms with E-state index in [1.807, 2.05) is 0 Å². The third kappa shape index (κ3) is 14.9. The van der Waals surface area contributed by atoms with E-state index in [9.17, 15) is 4.79 Å². The molecule has 1 atom stereocenters. The first-order chi connectivity index (χ1) is 5.63. The number of rotatable bonds is 7. The van der Waals surface area contributed by atoms with Gasteiger partial charge in [0.25, 0.3) is 0 Å². The van der Waals surface area contributed by atoms with Crippen molar-refractivity contribution in [3.8, 4) is 0 Å². The number of nitrogens with two attached hydrogens (primary N) is 1. The van der Waals surface area contributed by atoms with E-state index >= 15 is 0 Å². The van der Waals surface area contributed by atoms with Crippen molar-refractivity contribution in [3.63, 3.8) is 0 Å². The molecule has 0 saturated heterocycles. The van der Waals surface area contributed by atoms with Gasteiger partial charge in [0.15, 0.2) is 0 Å². The largest absolute Gasteiger partial charge is 0.481 e. The normalized spacial score (nSPS) is 11.8. The van der Waals surface area contributed by atoms with Crippen LogP contribution in [0, 0.1) is 0 Å². The van der Waals surface area contributed by atoms with Gasteiger partial charge in [-0.15, -0.1) is 0 Å². The van der Waals surface area contributed by atoms with Gasteiger partial charge in [0, 0.05) is 26.8 Å². The summed E-state index contributed by atoms with van der Waals surface area (Å²) in [5.74, 6) is -0.742. The zero-order valence-electron chi connectivity index (χ0n) is 7.52. The third-order valence-electron chi connectivity index (χ3n) is 1.64. The first kappa shape index (κ1) is 15.5. The number of aliphatic hydroxyl groups is 1. The summed E-state index contributed by atoms with van der Waals surface area (Å²) < 4.78 is 0. The van der Waals surface area contributed by atoms with Crippen LogP contribution in [0.2, 0.25) is 0 Å². The Bertz CT molecular complexity index is 131. The summed E-state index contributed by atoms with van der Waals surface area (Å²) in [6.07, 6.45) is 3.57. The molecule has 4 N–H and O–H groups in total. The van der Waals surface area contributed by atoms with Gasteiger partial charge in [0.2, 0.25) is 0 Å². The van der Waals surface area contributed by atoms with Gasteiger partial charge in [-0.25, -0.2) is 0 Å². The standard InChI is InChI=1S/C8H17NO3.Pd/c9-7(10)5-3-1-2-4-6-8(11)12;/h7,10H,1-6,9H2,(H,11,12);. The first-order valence-electron chi connectivity index (χ1n) is 4.28. The molecule has 0 rings (SSSR count). The predicted octanol–water partition coefficient (Wildman–Crippen LogP) is 0.686. The monoisotopic (exact) mass is 281 g/mol. The minimum Gasteiger partial charge on any atom is -0.481 e. The third-order valence-corrected chi connectivity index (χ3v) is 1.64. The molecule has 0 aliphatic rings. The van der Waals surface area contributed by atoms with E-state index in [2.05, 4.69) is 0 Å². The number of aliphatic hydroxyl groups excluding tert-OH is 1. The average molecular weight is 282 g/mol. The number of carboxylic acids is 1. The number of hydrogen-bond donors (Lipinski definition) is 3. The molecule has 5 heteroatoms. The first-order valence-corrected chi connectivity index (χ1v) is 4.28. The summed E-state index contributed by atoms with van der Waals surface area (Å²) in [7, 11) is 0. The molecule has 0 heterocycles. The van der Waals surface area contributed by atoms with Crippen molar-refractivity contribution in [2.75, 3.05) is 0 Å². The van der Waals surface area contributed by atoms with Gasteiger partial charge in [-0.05, 0) is 19.3 Å². The van der Waals surface area contributed by atoms with E-state index in [0.29, 0.717) is 6.42 Å². The molecular weight excluding hydrogens is 265 g/mol. The van der Waals surface area contributed by atoms with Gasteiger partial charge in [-0.1, -0.05) is 12.8 Å². The second-order valence-corrected chi connectivity index (χ2v) is 2.91. The Balaban J connectivity index is 0. The quantitative estimate of drug-likeness (QED) is 0.364. The molecular formula is C8H17NO3Pd. The van der Waals surface area contributed by atoms with Crippen LogP contribution >= 0.6 is 0 Å². The molecule has 13 heavy (non-hydrogen) atoms. The van der Waals surface area contributed by atoms with Gasteiger partial charge in [0.1, 0.15) is 6.23 Å². The van der Waals surface area contributed by atoms with E-state index < -0.39 is 12.2 Å². The van der Waals surface area contributed by atoms with Crippen LogP contribution < -0.4 is 5.73 Å². The van der Waals surface area contributed by atoms with Gasteiger partial charge in [-0.2, -0.15) is 0 Å². The van der Waals surface area contributed by atoms with E-state index in [0.717, 1.165) is 25.7 Å². The summed E-state index contributed by atoms with van der Waals surface area (Å²) in [4.78, 5) is 10.1. The number of hydrogen-bond acceptors (Lipinski definition) is 3. The van der Waals surface area contributed by atoms with Crippen molar-refractivity contribution in [2.45, 2.75) is 44.8 Å². The molecule has 1 unspecified atom stereocenters. The molecule has 0 aromatic rings. The van der Waals surface area contributed by atoms with Crippen LogP contribution in [-0.2, 0) is 25.2 Å². The van der Waals surface area contributed by atoms with Crippen molar-refractivity contribution < 1.29 is 35.4 Å². The number of carbonyl (C=O) groups is 1. The van der Waals surface area contributed by atoms with Crippen molar-refractivity contribution >= 4 is 5.97 Å². The van der Waals surface area contributed by atoms with Crippen molar-refractivity contribution in [1.29, 1.82) is 0 Å². The maximum atomic E-state index is 10.1. The molecule has 4 nitrogen and oxygen atoms in total. The van der Waals surface area contributed by atoms with Gasteiger partial charge in [0.05, 0.1) is 0 Å². The SMILES string of the molecule is NC(O)CCCCCCC(=O)O.[Pd]. The zero-order chi connectivity index (χ0) is 9.40. The van der Waals surface area contributed by atoms with Gasteiger partial charge < -0.3 is 15.9 Å². The van der Waals surface area contributed by atoms with Crippen LogP contribution in [0.3, 0.4) is 0 Å². The summed E-state index contributed by atoms with van der Waals surface area (Å²) in [5.41, 5.74) is 5.12. The minimum absolute atomic E-state index is 0. The topological polar surface area (TPSA) is 83.5 Å². The van der Waals surface area contributed by atoms with Crippen molar-refractivity contribution in [2.24, 2.45) is 5.73 Å². The average Bonchev–Trinajstić information content (AvgIpc) is 1.95. The maximum Gasteiger partial charge on any atom is 0.303 e. The summed E-state index contributed by atoms with van der Waals surface area (Å²) in [6, 6.07) is 0. The Morgan fingerprint density at radius 1 is 1.23 bits per heavy atom. The van der Waals surface area contributed by atoms with Crippen LogP contribution in [-0.4, -0.2) is 22.4 Å². The van der Waals surface area contributed by atoms with E-state index in [1.165, 1.54) is 0 Å². The Kier molecular flexibility index (Phi) is 12.1. The van der Waals surface area contributed by atoms with Crippen molar-refractivity contribution in [3.05, 3.63) is 0 Å². The molecule has 0 aliphatic heterocycles. The molecule has 0 aromatic heterocycles. The molecule has 0 amide bonds. The second kappa shape index (κ2) is 10.1. The fraction of sp³-hybridized carbons (Fsp3) is 0.875. The molecule has 0 aliphatic carbocycles. The van der Waals surface area contributed by atoms with E-state index in [-0.39, 0.29) is 26.8 Å². The Morgan fingerprint density at radius 3 is 2.23 bits per heavy atom. The Morgan fingerprint density at radius 2 is 1.77 bits per heavy atom. The second-order valence-electron chi connectivity index (χ2n) is 2.91. The number of aliphatic carboxylic acids is 1.